The fraction of sp³-hybridized carbons (Fsp3) is 1.00. The van der Waals surface area contributed by atoms with E-state index in [1.165, 1.54) is 38.5 Å². The summed E-state index contributed by atoms with van der Waals surface area (Å²) < 4.78 is 0. The Morgan fingerprint density at radius 1 is 0.778 bits per heavy atom. The van der Waals surface area contributed by atoms with Crippen LogP contribution in [0.25, 0.3) is 0 Å². The highest BCUT2D eigenvalue weighted by atomic mass is 32.2. The molecule has 2 aliphatic rings. The molecule has 0 aromatic carbocycles. The third-order valence-electron chi connectivity index (χ3n) is 2.41. The van der Waals surface area contributed by atoms with E-state index >= 15 is 0 Å². The molecule has 1 aliphatic carbocycles. The van der Waals surface area contributed by atoms with Crippen molar-refractivity contribution in [1.82, 2.24) is 0 Å². The molecule has 1 saturated heterocycles. The van der Waals surface area contributed by atoms with E-state index in [1.807, 2.05) is 0 Å². The molecule has 0 radical (unpaired) electrons. The quantitative estimate of drug-likeness (QED) is 0.469. The molecule has 0 nitrogen and oxygen atoms in total. The van der Waals surface area contributed by atoms with E-state index in [4.69, 9.17) is 0 Å². The van der Waals surface area contributed by atoms with Crippen LogP contribution in [0.15, 0.2) is 0 Å². The third-order valence-corrected chi connectivity index (χ3v) is 3.93. The van der Waals surface area contributed by atoms with Gasteiger partial charge >= 0.3 is 0 Å². The molecule has 0 aromatic heterocycles. The van der Waals surface area contributed by atoms with Crippen LogP contribution in [0.3, 0.4) is 0 Å². The molecule has 2 fully saturated rings. The van der Waals surface area contributed by atoms with Gasteiger partial charge in [-0.1, -0.05) is 25.7 Å². The predicted molar refractivity (Wildman–Crippen MR) is 42.9 cm³/mol. The van der Waals surface area contributed by atoms with Crippen LogP contribution in [0.2, 0.25) is 0 Å². The number of fused-ring (bicyclic) bond motifs is 1. The van der Waals surface area contributed by atoms with Gasteiger partial charge in [0.25, 0.3) is 0 Å². The minimum atomic E-state index is 1.10. The van der Waals surface area contributed by atoms with Crippen LogP contribution in [0.4, 0.5) is 0 Å². The Bertz CT molecular complexity index is 88.7. The van der Waals surface area contributed by atoms with Crippen molar-refractivity contribution < 1.29 is 0 Å². The van der Waals surface area contributed by atoms with Gasteiger partial charge in [0.2, 0.25) is 0 Å². The maximum absolute atomic E-state index is 2.23. The van der Waals surface area contributed by atoms with Crippen molar-refractivity contribution >= 4 is 11.8 Å². The molecule has 0 bridgehead atoms. The molecule has 2 atom stereocenters. The lowest BCUT2D eigenvalue weighted by molar-refractivity contribution is 0.551. The van der Waals surface area contributed by atoms with Gasteiger partial charge in [0.1, 0.15) is 0 Å². The molecular weight excluding hydrogens is 128 g/mol. The SMILES string of the molecule is C1CCC[C@H]2S[C@@H]2CC1. The minimum Gasteiger partial charge on any atom is -0.153 e. The van der Waals surface area contributed by atoms with Crippen LogP contribution in [0.1, 0.15) is 38.5 Å². The molecule has 1 aliphatic heterocycles. The highest BCUT2D eigenvalue weighted by Gasteiger charge is 2.37. The second-order valence-electron chi connectivity index (χ2n) is 3.20. The van der Waals surface area contributed by atoms with Gasteiger partial charge < -0.3 is 0 Å². The lowest BCUT2D eigenvalue weighted by Gasteiger charge is -2.03. The number of thioether (sulfide) groups is 1. The van der Waals surface area contributed by atoms with Crippen LogP contribution >= 0.6 is 11.8 Å². The first kappa shape index (κ1) is 6.09. The van der Waals surface area contributed by atoms with Crippen molar-refractivity contribution in [2.45, 2.75) is 49.0 Å². The fourth-order valence-corrected chi connectivity index (χ4v) is 2.97. The van der Waals surface area contributed by atoms with Gasteiger partial charge in [-0.05, 0) is 12.8 Å². The summed E-state index contributed by atoms with van der Waals surface area (Å²) in [6, 6.07) is 0. The van der Waals surface area contributed by atoms with Crippen molar-refractivity contribution in [3.8, 4) is 0 Å². The monoisotopic (exact) mass is 142 g/mol. The lowest BCUT2D eigenvalue weighted by atomic mass is 10.0. The van der Waals surface area contributed by atoms with Crippen molar-refractivity contribution in [3.05, 3.63) is 0 Å². The molecule has 0 amide bonds. The molecule has 0 spiro atoms. The van der Waals surface area contributed by atoms with Gasteiger partial charge in [-0.3, -0.25) is 0 Å². The first-order chi connectivity index (χ1) is 4.47. The third kappa shape index (κ3) is 1.43. The first-order valence-electron chi connectivity index (χ1n) is 4.12. The molecule has 1 saturated carbocycles. The predicted octanol–water partition coefficient (Wildman–Crippen LogP) is 2.82. The summed E-state index contributed by atoms with van der Waals surface area (Å²) in [6.07, 6.45) is 9.07. The Kier molecular flexibility index (Phi) is 1.71. The Balaban J connectivity index is 1.81. The molecule has 1 heterocycles. The van der Waals surface area contributed by atoms with Gasteiger partial charge in [-0.2, -0.15) is 11.8 Å². The summed E-state index contributed by atoms with van der Waals surface area (Å²) in [4.78, 5) is 0. The van der Waals surface area contributed by atoms with Gasteiger partial charge in [0.05, 0.1) is 0 Å². The topological polar surface area (TPSA) is 0 Å². The van der Waals surface area contributed by atoms with Crippen LogP contribution in [0, 0.1) is 0 Å². The van der Waals surface area contributed by atoms with Crippen molar-refractivity contribution in [3.63, 3.8) is 0 Å². The van der Waals surface area contributed by atoms with Gasteiger partial charge in [-0.15, -0.1) is 0 Å². The minimum absolute atomic E-state index is 1.10. The average molecular weight is 142 g/mol. The fourth-order valence-electron chi connectivity index (χ4n) is 1.73. The maximum Gasteiger partial charge on any atom is 0.0169 e. The Morgan fingerprint density at radius 3 is 1.89 bits per heavy atom. The number of rotatable bonds is 0. The second-order valence-corrected chi connectivity index (χ2v) is 4.69. The summed E-state index contributed by atoms with van der Waals surface area (Å²) >= 11 is 2.23. The van der Waals surface area contributed by atoms with Crippen LogP contribution in [-0.4, -0.2) is 10.5 Å². The molecule has 9 heavy (non-hydrogen) atoms. The van der Waals surface area contributed by atoms with Gasteiger partial charge in [0, 0.05) is 10.5 Å². The standard InChI is InChI=1S/C8H14S/c1-2-4-6-8-7(9-8)5-3-1/h7-8H,1-6H2/t7-,8-/m1/s1. The van der Waals surface area contributed by atoms with E-state index in [-0.39, 0.29) is 0 Å². The molecule has 0 N–H and O–H groups in total. The molecule has 52 valence electrons. The lowest BCUT2D eigenvalue weighted by Crippen LogP contribution is -1.97. The van der Waals surface area contributed by atoms with E-state index in [2.05, 4.69) is 11.8 Å². The highest BCUT2D eigenvalue weighted by Crippen LogP contribution is 2.48. The zero-order valence-corrected chi connectivity index (χ0v) is 6.62. The molecule has 1 heteroatoms. The first-order valence-corrected chi connectivity index (χ1v) is 5.06. The number of hydrogen-bond donors (Lipinski definition) is 0. The Labute approximate surface area is 61.4 Å². The van der Waals surface area contributed by atoms with Crippen LogP contribution < -0.4 is 0 Å². The molecule has 0 aromatic rings. The van der Waals surface area contributed by atoms with E-state index < -0.39 is 0 Å². The zero-order valence-electron chi connectivity index (χ0n) is 5.81. The Hall–Kier alpha value is 0.350. The summed E-state index contributed by atoms with van der Waals surface area (Å²) in [5.74, 6) is 0. The van der Waals surface area contributed by atoms with Crippen LogP contribution in [-0.2, 0) is 0 Å². The molecular formula is C8H14S. The van der Waals surface area contributed by atoms with Crippen LogP contribution in [0.5, 0.6) is 0 Å². The van der Waals surface area contributed by atoms with E-state index in [0.29, 0.717) is 0 Å². The highest BCUT2D eigenvalue weighted by molar-refractivity contribution is 8.07. The van der Waals surface area contributed by atoms with E-state index in [0.717, 1.165) is 10.5 Å². The maximum atomic E-state index is 2.23. The summed E-state index contributed by atoms with van der Waals surface area (Å²) in [7, 11) is 0. The normalized spacial score (nSPS) is 42.7. The van der Waals surface area contributed by atoms with Crippen molar-refractivity contribution in [2.75, 3.05) is 0 Å². The molecule has 0 unspecified atom stereocenters. The summed E-state index contributed by atoms with van der Waals surface area (Å²) in [5, 5.41) is 2.20. The van der Waals surface area contributed by atoms with Crippen molar-refractivity contribution in [1.29, 1.82) is 0 Å². The average Bonchev–Trinajstić information content (AvgIpc) is 2.46. The summed E-state index contributed by atoms with van der Waals surface area (Å²) in [6.45, 7) is 0. The second kappa shape index (κ2) is 2.53. The van der Waals surface area contributed by atoms with Gasteiger partial charge in [-0.25, -0.2) is 0 Å². The largest absolute Gasteiger partial charge is 0.153 e. The smallest absolute Gasteiger partial charge is 0.0169 e. The number of hydrogen-bond acceptors (Lipinski definition) is 1. The van der Waals surface area contributed by atoms with Crippen molar-refractivity contribution in [2.24, 2.45) is 0 Å². The Morgan fingerprint density at radius 2 is 1.33 bits per heavy atom. The van der Waals surface area contributed by atoms with E-state index in [1.54, 1.807) is 0 Å². The summed E-state index contributed by atoms with van der Waals surface area (Å²) in [5.41, 5.74) is 0. The van der Waals surface area contributed by atoms with Gasteiger partial charge in [0.15, 0.2) is 0 Å². The zero-order chi connectivity index (χ0) is 6.10. The van der Waals surface area contributed by atoms with E-state index in [9.17, 15) is 0 Å². The molecule has 2 rings (SSSR count).